The Balaban J connectivity index is 1.66. The number of rotatable bonds is 5. The van der Waals surface area contributed by atoms with E-state index in [4.69, 9.17) is 10.2 Å². The minimum absolute atomic E-state index is 0.179. The number of halogens is 1. The summed E-state index contributed by atoms with van der Waals surface area (Å²) in [6.45, 7) is 0. The van der Waals surface area contributed by atoms with E-state index >= 15 is 0 Å². The number of furan rings is 1. The van der Waals surface area contributed by atoms with Crippen molar-refractivity contribution in [2.24, 2.45) is 5.73 Å². The highest BCUT2D eigenvalue weighted by molar-refractivity contribution is 7.09. The van der Waals surface area contributed by atoms with Gasteiger partial charge in [0.1, 0.15) is 5.76 Å². The number of hydrogen-bond donors (Lipinski definition) is 1. The predicted octanol–water partition coefficient (Wildman–Crippen LogP) is 4.66. The first-order chi connectivity index (χ1) is 9.74. The average molecular weight is 289 g/mol. The molecular weight excluding hydrogens is 273 g/mol. The second-order valence-electron chi connectivity index (χ2n) is 4.89. The first-order valence-electron chi connectivity index (χ1n) is 6.70. The van der Waals surface area contributed by atoms with Gasteiger partial charge in [-0.1, -0.05) is 18.2 Å². The molecule has 0 saturated heterocycles. The van der Waals surface area contributed by atoms with Gasteiger partial charge in [-0.05, 0) is 42.8 Å². The van der Waals surface area contributed by atoms with E-state index in [9.17, 15) is 4.39 Å². The lowest BCUT2D eigenvalue weighted by atomic mass is 10.1. The Morgan fingerprint density at radius 1 is 1.25 bits per heavy atom. The largest absolute Gasteiger partial charge is 0.456 e. The molecule has 0 fully saturated rings. The van der Waals surface area contributed by atoms with Crippen LogP contribution in [-0.4, -0.2) is 0 Å². The van der Waals surface area contributed by atoms with Gasteiger partial charge in [-0.2, -0.15) is 0 Å². The molecule has 2 aromatic heterocycles. The molecule has 1 aromatic carbocycles. The molecule has 2 N–H and O–H groups in total. The fraction of sp³-hybridized carbons (Fsp3) is 0.250. The van der Waals surface area contributed by atoms with E-state index in [1.807, 2.05) is 12.1 Å². The lowest BCUT2D eigenvalue weighted by molar-refractivity contribution is 0.459. The van der Waals surface area contributed by atoms with E-state index in [1.54, 1.807) is 17.4 Å². The van der Waals surface area contributed by atoms with E-state index in [0.29, 0.717) is 11.3 Å². The highest BCUT2D eigenvalue weighted by Crippen LogP contribution is 2.27. The van der Waals surface area contributed by atoms with Crippen LogP contribution >= 0.6 is 11.3 Å². The summed E-state index contributed by atoms with van der Waals surface area (Å²) in [6, 6.07) is 10.8. The number of benzene rings is 1. The lowest BCUT2D eigenvalue weighted by Crippen LogP contribution is -2.09. The summed E-state index contributed by atoms with van der Waals surface area (Å²) >= 11 is 1.76. The van der Waals surface area contributed by atoms with Gasteiger partial charge >= 0.3 is 0 Å². The van der Waals surface area contributed by atoms with Gasteiger partial charge in [-0.3, -0.25) is 0 Å². The van der Waals surface area contributed by atoms with E-state index < -0.39 is 0 Å². The molecule has 0 aliphatic rings. The van der Waals surface area contributed by atoms with Crippen LogP contribution in [0.1, 0.15) is 29.5 Å². The summed E-state index contributed by atoms with van der Waals surface area (Å²) in [5.41, 5.74) is 6.44. The minimum atomic E-state index is -0.334. The van der Waals surface area contributed by atoms with Crippen molar-refractivity contribution in [2.75, 3.05) is 0 Å². The number of thiophene rings is 1. The topological polar surface area (TPSA) is 39.2 Å². The fourth-order valence-electron chi connectivity index (χ4n) is 2.32. The summed E-state index contributed by atoms with van der Waals surface area (Å²) in [4.78, 5) is 1.37. The maximum Gasteiger partial charge on any atom is 0.169 e. The first kappa shape index (κ1) is 13.3. The van der Waals surface area contributed by atoms with Crippen molar-refractivity contribution in [3.05, 3.63) is 58.2 Å². The van der Waals surface area contributed by atoms with Gasteiger partial charge in [0.05, 0.1) is 6.04 Å². The molecule has 1 atom stereocenters. The van der Waals surface area contributed by atoms with Gasteiger partial charge in [0.25, 0.3) is 0 Å². The number of para-hydroxylation sites is 1. The van der Waals surface area contributed by atoms with Gasteiger partial charge in [0.2, 0.25) is 0 Å². The van der Waals surface area contributed by atoms with Crippen LogP contribution in [0.3, 0.4) is 0 Å². The number of fused-ring (bicyclic) bond motifs is 1. The molecule has 0 amide bonds. The van der Waals surface area contributed by atoms with Gasteiger partial charge < -0.3 is 10.2 Å². The van der Waals surface area contributed by atoms with Crippen LogP contribution in [0, 0.1) is 5.82 Å². The zero-order valence-corrected chi connectivity index (χ0v) is 11.8. The Morgan fingerprint density at radius 3 is 2.90 bits per heavy atom. The molecule has 0 aliphatic heterocycles. The van der Waals surface area contributed by atoms with Crippen LogP contribution in [0.5, 0.6) is 0 Å². The van der Waals surface area contributed by atoms with Crippen LogP contribution in [-0.2, 0) is 6.42 Å². The molecule has 0 aliphatic carbocycles. The van der Waals surface area contributed by atoms with Crippen molar-refractivity contribution in [3.63, 3.8) is 0 Å². The molecule has 1 unspecified atom stereocenters. The Morgan fingerprint density at radius 2 is 2.15 bits per heavy atom. The minimum Gasteiger partial charge on any atom is -0.456 e. The Hall–Kier alpha value is -1.65. The van der Waals surface area contributed by atoms with Crippen molar-refractivity contribution in [1.29, 1.82) is 0 Å². The third-order valence-corrected chi connectivity index (χ3v) is 4.34. The van der Waals surface area contributed by atoms with Gasteiger partial charge in [-0.25, -0.2) is 4.39 Å². The molecule has 0 saturated carbocycles. The zero-order chi connectivity index (χ0) is 13.9. The van der Waals surface area contributed by atoms with E-state index in [2.05, 4.69) is 17.5 Å². The number of nitrogens with two attached hydrogens (primary N) is 1. The van der Waals surface area contributed by atoms with Crippen LogP contribution in [0.15, 0.2) is 46.2 Å². The first-order valence-corrected chi connectivity index (χ1v) is 7.58. The van der Waals surface area contributed by atoms with Gasteiger partial charge in [0, 0.05) is 10.3 Å². The molecule has 104 valence electrons. The van der Waals surface area contributed by atoms with Crippen molar-refractivity contribution < 1.29 is 8.81 Å². The highest BCUT2D eigenvalue weighted by atomic mass is 32.1. The summed E-state index contributed by atoms with van der Waals surface area (Å²) < 4.78 is 19.1. The number of hydrogen-bond acceptors (Lipinski definition) is 3. The second kappa shape index (κ2) is 5.77. The standard InChI is InChI=1S/C16H16FNOS/c17-13-7-1-4-11-10-15(19-16(11)13)14(18)8-2-5-12-6-3-9-20-12/h1,3-4,6-7,9-10,14H,2,5,8,18H2. The molecule has 2 heterocycles. The van der Waals surface area contributed by atoms with Crippen LogP contribution in [0.25, 0.3) is 11.0 Å². The zero-order valence-electron chi connectivity index (χ0n) is 11.0. The maximum absolute atomic E-state index is 13.6. The fourth-order valence-corrected chi connectivity index (χ4v) is 3.07. The van der Waals surface area contributed by atoms with Crippen molar-refractivity contribution in [1.82, 2.24) is 0 Å². The van der Waals surface area contributed by atoms with Crippen LogP contribution in [0.2, 0.25) is 0 Å². The van der Waals surface area contributed by atoms with E-state index in [1.165, 1.54) is 10.9 Å². The smallest absolute Gasteiger partial charge is 0.169 e. The van der Waals surface area contributed by atoms with E-state index in [0.717, 1.165) is 24.6 Å². The van der Waals surface area contributed by atoms with Crippen LogP contribution < -0.4 is 5.73 Å². The maximum atomic E-state index is 13.6. The SMILES string of the molecule is NC(CCCc1cccs1)c1cc2cccc(F)c2o1. The Bertz CT molecular complexity index is 690. The monoisotopic (exact) mass is 289 g/mol. The summed E-state index contributed by atoms with van der Waals surface area (Å²) in [5, 5.41) is 2.85. The molecule has 0 spiro atoms. The molecule has 2 nitrogen and oxygen atoms in total. The van der Waals surface area contributed by atoms with Crippen molar-refractivity contribution in [2.45, 2.75) is 25.3 Å². The molecule has 0 bridgehead atoms. The molecule has 3 rings (SSSR count). The molecular formula is C16H16FNOS. The molecule has 0 radical (unpaired) electrons. The molecule has 3 aromatic rings. The highest BCUT2D eigenvalue weighted by Gasteiger charge is 2.14. The normalized spacial score (nSPS) is 12.9. The Labute approximate surface area is 121 Å². The summed E-state index contributed by atoms with van der Waals surface area (Å²) in [6.07, 6.45) is 2.86. The van der Waals surface area contributed by atoms with Gasteiger partial charge in [0.15, 0.2) is 11.4 Å². The number of aryl methyl sites for hydroxylation is 1. The van der Waals surface area contributed by atoms with E-state index in [-0.39, 0.29) is 11.9 Å². The molecule has 4 heteroatoms. The van der Waals surface area contributed by atoms with Gasteiger partial charge in [-0.15, -0.1) is 11.3 Å². The quantitative estimate of drug-likeness (QED) is 0.742. The second-order valence-corrected chi connectivity index (χ2v) is 5.92. The third-order valence-electron chi connectivity index (χ3n) is 3.40. The summed E-state index contributed by atoms with van der Waals surface area (Å²) in [5.74, 6) is 0.329. The average Bonchev–Trinajstić information content (AvgIpc) is 3.07. The summed E-state index contributed by atoms with van der Waals surface area (Å²) in [7, 11) is 0. The predicted molar refractivity (Wildman–Crippen MR) is 80.4 cm³/mol. The van der Waals surface area contributed by atoms with Crippen molar-refractivity contribution >= 4 is 22.3 Å². The third kappa shape index (κ3) is 2.76. The van der Waals surface area contributed by atoms with Crippen molar-refractivity contribution in [3.8, 4) is 0 Å². The Kier molecular flexibility index (Phi) is 3.85. The molecule has 20 heavy (non-hydrogen) atoms. The lowest BCUT2D eigenvalue weighted by Gasteiger charge is -2.07. The van der Waals surface area contributed by atoms with Crippen LogP contribution in [0.4, 0.5) is 4.39 Å².